The lowest BCUT2D eigenvalue weighted by molar-refractivity contribution is -0.242. The van der Waals surface area contributed by atoms with E-state index in [1.807, 2.05) is 4.98 Å². The molecule has 2 aliphatic rings. The van der Waals surface area contributed by atoms with E-state index in [1.54, 1.807) is 0 Å². The maximum Gasteiger partial charge on any atom is 0.487 e. The van der Waals surface area contributed by atoms with E-state index in [2.05, 4.69) is 17.5 Å². The zero-order valence-corrected chi connectivity index (χ0v) is 15.6. The number of phosphoric acid groups is 3. The first-order chi connectivity index (χ1) is 12.4. The van der Waals surface area contributed by atoms with Crippen LogP contribution >= 0.6 is 23.5 Å². The number of aromatic amines is 1. The van der Waals surface area contributed by atoms with E-state index in [-0.39, 0.29) is 6.42 Å². The van der Waals surface area contributed by atoms with Gasteiger partial charge in [-0.15, -0.1) is 0 Å². The van der Waals surface area contributed by atoms with Gasteiger partial charge in [0.15, 0.2) is 0 Å². The van der Waals surface area contributed by atoms with Crippen molar-refractivity contribution in [3.05, 3.63) is 33.1 Å². The van der Waals surface area contributed by atoms with Crippen LogP contribution in [0.3, 0.4) is 0 Å². The van der Waals surface area contributed by atoms with Crippen LogP contribution < -0.4 is 21.0 Å². The molecule has 0 aromatic carbocycles. The van der Waals surface area contributed by atoms with E-state index in [9.17, 15) is 38.2 Å². The first kappa shape index (κ1) is 20.8. The van der Waals surface area contributed by atoms with Gasteiger partial charge in [0.1, 0.15) is 12.3 Å². The molecule has 18 heteroatoms. The standard InChI is InChI=1S/C9H13N2O13P3/c12-5-3-8(11-2-1-7(13)10-9(11)14)21-6(5)4-20-27(19)23-25(15,16)22-26(17,18)24-27/h1-2,5-6,8,12H,3-4H2,(H,15,16)(H,17,18)(H,10,13,14)/p-2. The largest absolute Gasteiger partial charge is 0.756 e. The van der Waals surface area contributed by atoms with Gasteiger partial charge in [-0.2, -0.15) is 0 Å². The molecule has 2 N–H and O–H groups in total. The predicted octanol–water partition coefficient (Wildman–Crippen LogP) is -1.69. The second-order valence-electron chi connectivity index (χ2n) is 5.33. The highest BCUT2D eigenvalue weighted by Gasteiger charge is 2.46. The van der Waals surface area contributed by atoms with Crippen molar-refractivity contribution in [3.8, 4) is 0 Å². The number of nitrogens with one attached hydrogen (secondary N) is 1. The van der Waals surface area contributed by atoms with Gasteiger partial charge in [0.05, 0.1) is 12.7 Å². The third-order valence-electron chi connectivity index (χ3n) is 3.36. The Morgan fingerprint density at radius 1 is 1.22 bits per heavy atom. The molecular weight excluding hydrogens is 437 g/mol. The van der Waals surface area contributed by atoms with Crippen LogP contribution in [0.1, 0.15) is 12.6 Å². The smallest absolute Gasteiger partial charge is 0.487 e. The van der Waals surface area contributed by atoms with Crippen LogP contribution in [-0.2, 0) is 35.9 Å². The van der Waals surface area contributed by atoms with E-state index < -0.39 is 59.8 Å². The van der Waals surface area contributed by atoms with Gasteiger partial charge >= 0.3 is 13.5 Å². The maximum absolute atomic E-state index is 12.0. The van der Waals surface area contributed by atoms with Crippen molar-refractivity contribution in [1.82, 2.24) is 9.55 Å². The van der Waals surface area contributed by atoms with Crippen molar-refractivity contribution in [1.29, 1.82) is 0 Å². The molecule has 0 spiro atoms. The monoisotopic (exact) mass is 448 g/mol. The average molecular weight is 448 g/mol. The summed E-state index contributed by atoms with van der Waals surface area (Å²) in [5.74, 6) is 0. The Labute approximate surface area is 149 Å². The summed E-state index contributed by atoms with van der Waals surface area (Å²) < 4.78 is 56.6. The Hall–Kier alpha value is -0.950. The van der Waals surface area contributed by atoms with Crippen molar-refractivity contribution >= 4 is 23.5 Å². The molecule has 0 aliphatic carbocycles. The quantitative estimate of drug-likeness (QED) is 0.492. The summed E-state index contributed by atoms with van der Waals surface area (Å²) in [5.41, 5.74) is -1.46. The highest BCUT2D eigenvalue weighted by atomic mass is 31.3. The van der Waals surface area contributed by atoms with Crippen LogP contribution in [-0.4, -0.2) is 33.5 Å². The molecule has 152 valence electrons. The first-order valence-corrected chi connectivity index (χ1v) is 11.4. The van der Waals surface area contributed by atoms with E-state index in [1.165, 1.54) is 0 Å². The molecule has 0 amide bonds. The zero-order chi connectivity index (χ0) is 20.0. The lowest BCUT2D eigenvalue weighted by Crippen LogP contribution is -2.31. The number of aliphatic hydroxyl groups excluding tert-OH is 1. The molecule has 0 radical (unpaired) electrons. The SMILES string of the molecule is O=c1ccn(C2CC(O)C(COP3(=O)OP(=O)([O-])OP(=O)([O-])O3)O2)c(=O)[nH]1. The number of aliphatic hydroxyl groups is 1. The van der Waals surface area contributed by atoms with Crippen LogP contribution in [0.4, 0.5) is 0 Å². The van der Waals surface area contributed by atoms with Crippen molar-refractivity contribution in [2.45, 2.75) is 24.9 Å². The fourth-order valence-electron chi connectivity index (χ4n) is 2.31. The third-order valence-corrected chi connectivity index (χ3v) is 8.63. The number of ether oxygens (including phenoxy) is 1. The van der Waals surface area contributed by atoms with Gasteiger partial charge in [-0.1, -0.05) is 0 Å². The Morgan fingerprint density at radius 3 is 2.44 bits per heavy atom. The maximum atomic E-state index is 12.0. The molecule has 15 nitrogen and oxygen atoms in total. The number of hydrogen-bond acceptors (Lipinski definition) is 13. The predicted molar refractivity (Wildman–Crippen MR) is 77.9 cm³/mol. The summed E-state index contributed by atoms with van der Waals surface area (Å²) in [6, 6.07) is 1.04. The Kier molecular flexibility index (Phi) is 5.49. The van der Waals surface area contributed by atoms with Gasteiger partial charge < -0.3 is 19.6 Å². The molecule has 27 heavy (non-hydrogen) atoms. The van der Waals surface area contributed by atoms with E-state index in [0.717, 1.165) is 16.8 Å². The van der Waals surface area contributed by atoms with Crippen LogP contribution in [0.5, 0.6) is 0 Å². The second-order valence-corrected chi connectivity index (χ2v) is 10.2. The highest BCUT2D eigenvalue weighted by Crippen LogP contribution is 2.77. The molecule has 1 aromatic heterocycles. The number of H-pyrrole nitrogens is 1. The third kappa shape index (κ3) is 4.91. The molecule has 5 atom stereocenters. The average Bonchev–Trinajstić information content (AvgIpc) is 2.82. The number of rotatable bonds is 4. The van der Waals surface area contributed by atoms with Crippen molar-refractivity contribution in [2.24, 2.45) is 0 Å². The number of nitrogens with zero attached hydrogens (tertiary/aromatic N) is 1. The van der Waals surface area contributed by atoms with Crippen LogP contribution in [0, 0.1) is 0 Å². The summed E-state index contributed by atoms with van der Waals surface area (Å²) in [7, 11) is -16.1. The molecule has 3 rings (SSSR count). The minimum atomic E-state index is -5.50. The molecular formula is C9H11N2O13P3-2. The number of aromatic nitrogens is 2. The second kappa shape index (κ2) is 7.14. The lowest BCUT2D eigenvalue weighted by Gasteiger charge is -2.38. The van der Waals surface area contributed by atoms with Gasteiger partial charge in [-0.05, 0) is 0 Å². The molecule has 2 saturated heterocycles. The molecule has 0 saturated carbocycles. The molecule has 2 aliphatic heterocycles. The van der Waals surface area contributed by atoms with Gasteiger partial charge in [0.25, 0.3) is 21.2 Å². The van der Waals surface area contributed by atoms with Crippen molar-refractivity contribution in [2.75, 3.05) is 6.61 Å². The highest BCUT2D eigenvalue weighted by molar-refractivity contribution is 7.74. The first-order valence-electron chi connectivity index (χ1n) is 7.04. The minimum absolute atomic E-state index is 0.144. The van der Waals surface area contributed by atoms with Gasteiger partial charge in [-0.25, -0.2) is 22.3 Å². The zero-order valence-electron chi connectivity index (χ0n) is 12.9. The Bertz CT molecular complexity index is 958. The summed E-state index contributed by atoms with van der Waals surface area (Å²) >= 11 is 0. The van der Waals surface area contributed by atoms with Gasteiger partial charge in [-0.3, -0.25) is 28.0 Å². The van der Waals surface area contributed by atoms with Crippen molar-refractivity contribution in [3.63, 3.8) is 0 Å². The number of hydrogen-bond donors (Lipinski definition) is 2. The van der Waals surface area contributed by atoms with E-state index >= 15 is 0 Å². The summed E-state index contributed by atoms with van der Waals surface area (Å²) in [5, 5.41) is 9.96. The normalized spacial score (nSPS) is 42.3. The molecule has 2 fully saturated rings. The Morgan fingerprint density at radius 2 is 1.85 bits per heavy atom. The van der Waals surface area contributed by atoms with E-state index in [4.69, 9.17) is 4.74 Å². The topological polar surface area (TPSA) is 219 Å². The molecule has 1 aromatic rings. The molecule has 3 heterocycles. The summed E-state index contributed by atoms with van der Waals surface area (Å²) in [6.07, 6.45) is -2.59. The summed E-state index contributed by atoms with van der Waals surface area (Å²) in [6.45, 7) is -0.812. The fourth-order valence-corrected chi connectivity index (χ4v) is 7.12. The van der Waals surface area contributed by atoms with Crippen LogP contribution in [0.15, 0.2) is 21.9 Å². The van der Waals surface area contributed by atoms with Crippen LogP contribution in [0.25, 0.3) is 0 Å². The van der Waals surface area contributed by atoms with Crippen molar-refractivity contribution < 1.29 is 50.8 Å². The van der Waals surface area contributed by atoms with E-state index in [0.29, 0.717) is 0 Å². The van der Waals surface area contributed by atoms with Gasteiger partial charge in [0.2, 0.25) is 0 Å². The summed E-state index contributed by atoms with van der Waals surface area (Å²) in [4.78, 5) is 47.1. The fraction of sp³-hybridized carbons (Fsp3) is 0.556. The minimum Gasteiger partial charge on any atom is -0.756 e. The molecule has 5 unspecified atom stereocenters. The lowest BCUT2D eigenvalue weighted by atomic mass is 10.2. The van der Waals surface area contributed by atoms with Gasteiger partial charge in [0, 0.05) is 18.7 Å². The molecule has 0 bridgehead atoms. The van der Waals surface area contributed by atoms with Crippen LogP contribution in [0.2, 0.25) is 0 Å². The Balaban J connectivity index is 1.69.